The molecule has 0 spiro atoms. The molecule has 0 fully saturated rings. The summed E-state index contributed by atoms with van der Waals surface area (Å²) < 4.78 is 0. The molecular formula is C20H25N3OS. The van der Waals surface area contributed by atoms with E-state index in [9.17, 15) is 4.79 Å². The quantitative estimate of drug-likeness (QED) is 0.707. The van der Waals surface area contributed by atoms with Crippen molar-refractivity contribution in [3.8, 4) is 0 Å². The standard InChI is InChI=1S/C20H25N3OS/c1-21-13-6-12-20(24)22-14-7-15-23-16-8-2-4-10-18(16)25-19-11-5-3-9-17(19)23/h2-5,8-11,21H,6-7,12-15H2,1H3,(H,22,24). The third-order valence-electron chi connectivity index (χ3n) is 4.24. The van der Waals surface area contributed by atoms with Crippen molar-refractivity contribution in [1.82, 2.24) is 10.6 Å². The number of para-hydroxylation sites is 2. The van der Waals surface area contributed by atoms with Crippen molar-refractivity contribution < 1.29 is 4.79 Å². The fourth-order valence-electron chi connectivity index (χ4n) is 3.00. The Morgan fingerprint density at radius 3 is 2.24 bits per heavy atom. The van der Waals surface area contributed by atoms with Crippen LogP contribution in [0.1, 0.15) is 19.3 Å². The fourth-order valence-corrected chi connectivity index (χ4v) is 4.10. The predicted molar refractivity (Wildman–Crippen MR) is 105 cm³/mol. The van der Waals surface area contributed by atoms with Crippen molar-refractivity contribution in [2.24, 2.45) is 0 Å². The minimum absolute atomic E-state index is 0.144. The van der Waals surface area contributed by atoms with Crippen molar-refractivity contribution in [2.75, 3.05) is 31.6 Å². The van der Waals surface area contributed by atoms with Crippen LogP contribution < -0.4 is 15.5 Å². The molecule has 2 aromatic rings. The highest BCUT2D eigenvalue weighted by Crippen LogP contribution is 2.47. The van der Waals surface area contributed by atoms with Gasteiger partial charge >= 0.3 is 0 Å². The Morgan fingerprint density at radius 2 is 1.60 bits per heavy atom. The highest BCUT2D eigenvalue weighted by Gasteiger charge is 2.22. The first-order chi connectivity index (χ1) is 12.3. The van der Waals surface area contributed by atoms with Gasteiger partial charge in [0.25, 0.3) is 0 Å². The molecule has 0 saturated heterocycles. The summed E-state index contributed by atoms with van der Waals surface area (Å²) in [5.74, 6) is 0.144. The minimum atomic E-state index is 0.144. The molecule has 0 aliphatic carbocycles. The third kappa shape index (κ3) is 4.55. The van der Waals surface area contributed by atoms with E-state index in [1.54, 1.807) is 0 Å². The van der Waals surface area contributed by atoms with Crippen LogP contribution in [0.2, 0.25) is 0 Å². The number of rotatable bonds is 8. The van der Waals surface area contributed by atoms with Crippen molar-refractivity contribution >= 4 is 29.0 Å². The van der Waals surface area contributed by atoms with Gasteiger partial charge in [0.15, 0.2) is 0 Å². The average Bonchev–Trinajstić information content (AvgIpc) is 2.64. The fraction of sp³-hybridized carbons (Fsp3) is 0.350. The van der Waals surface area contributed by atoms with Gasteiger partial charge in [-0.05, 0) is 50.7 Å². The van der Waals surface area contributed by atoms with Crippen LogP contribution in [0.3, 0.4) is 0 Å². The van der Waals surface area contributed by atoms with Crippen molar-refractivity contribution in [2.45, 2.75) is 29.1 Å². The van der Waals surface area contributed by atoms with E-state index in [2.05, 4.69) is 64.1 Å². The molecule has 0 bridgehead atoms. The van der Waals surface area contributed by atoms with E-state index < -0.39 is 0 Å². The van der Waals surface area contributed by atoms with Gasteiger partial charge in [-0.25, -0.2) is 0 Å². The van der Waals surface area contributed by atoms with E-state index in [4.69, 9.17) is 0 Å². The summed E-state index contributed by atoms with van der Waals surface area (Å²) >= 11 is 1.82. The van der Waals surface area contributed by atoms with Gasteiger partial charge in [-0.15, -0.1) is 0 Å². The molecule has 0 saturated carbocycles. The maximum atomic E-state index is 11.8. The number of hydrogen-bond donors (Lipinski definition) is 2. The number of hydrogen-bond acceptors (Lipinski definition) is 4. The number of nitrogens with zero attached hydrogens (tertiary/aromatic N) is 1. The maximum Gasteiger partial charge on any atom is 0.220 e. The zero-order valence-corrected chi connectivity index (χ0v) is 15.4. The lowest BCUT2D eigenvalue weighted by Gasteiger charge is -2.32. The van der Waals surface area contributed by atoms with E-state index in [1.807, 2.05) is 18.8 Å². The zero-order chi connectivity index (χ0) is 17.5. The first kappa shape index (κ1) is 17.8. The van der Waals surface area contributed by atoms with Gasteiger partial charge in [-0.1, -0.05) is 36.0 Å². The molecule has 1 aliphatic rings. The predicted octanol–water partition coefficient (Wildman–Crippen LogP) is 3.80. The second-order valence-corrected chi connectivity index (χ2v) is 7.18. The Morgan fingerprint density at radius 1 is 0.960 bits per heavy atom. The number of carbonyl (C=O) groups is 1. The number of carbonyl (C=O) groups excluding carboxylic acids is 1. The number of anilines is 2. The molecule has 132 valence electrons. The van der Waals surface area contributed by atoms with Crippen molar-refractivity contribution in [1.29, 1.82) is 0 Å². The third-order valence-corrected chi connectivity index (χ3v) is 5.37. The second-order valence-electron chi connectivity index (χ2n) is 6.10. The molecule has 2 N–H and O–H groups in total. The highest BCUT2D eigenvalue weighted by atomic mass is 32.2. The van der Waals surface area contributed by atoms with Gasteiger partial charge in [0.2, 0.25) is 5.91 Å². The molecule has 5 heteroatoms. The Balaban J connectivity index is 1.58. The molecule has 1 aliphatic heterocycles. The molecule has 0 atom stereocenters. The van der Waals surface area contributed by atoms with E-state index in [0.29, 0.717) is 13.0 Å². The van der Waals surface area contributed by atoms with Crippen LogP contribution in [0.15, 0.2) is 58.3 Å². The molecule has 3 rings (SSSR count). The number of amides is 1. The van der Waals surface area contributed by atoms with E-state index in [0.717, 1.165) is 25.9 Å². The van der Waals surface area contributed by atoms with Gasteiger partial charge < -0.3 is 15.5 Å². The van der Waals surface area contributed by atoms with Crippen LogP contribution in [0.4, 0.5) is 11.4 Å². The SMILES string of the molecule is CNCCCC(=O)NCCCN1c2ccccc2Sc2ccccc21. The summed E-state index contributed by atoms with van der Waals surface area (Å²) in [5.41, 5.74) is 2.51. The van der Waals surface area contributed by atoms with Gasteiger partial charge in [0.1, 0.15) is 0 Å². The topological polar surface area (TPSA) is 44.4 Å². The van der Waals surface area contributed by atoms with Gasteiger partial charge in [-0.2, -0.15) is 0 Å². The van der Waals surface area contributed by atoms with Crippen LogP contribution in [0, 0.1) is 0 Å². The van der Waals surface area contributed by atoms with Crippen molar-refractivity contribution in [3.63, 3.8) is 0 Å². The highest BCUT2D eigenvalue weighted by molar-refractivity contribution is 7.99. The Hall–Kier alpha value is -1.98. The van der Waals surface area contributed by atoms with Gasteiger partial charge in [0.05, 0.1) is 11.4 Å². The molecule has 0 unspecified atom stereocenters. The number of nitrogens with one attached hydrogen (secondary N) is 2. The normalized spacial score (nSPS) is 12.4. The lowest BCUT2D eigenvalue weighted by atomic mass is 10.2. The average molecular weight is 356 g/mol. The Kier molecular flexibility index (Phi) is 6.36. The molecule has 1 heterocycles. The summed E-state index contributed by atoms with van der Waals surface area (Å²) in [7, 11) is 1.91. The summed E-state index contributed by atoms with van der Waals surface area (Å²) in [5, 5.41) is 6.09. The summed E-state index contributed by atoms with van der Waals surface area (Å²) in [4.78, 5) is 16.8. The van der Waals surface area contributed by atoms with Crippen LogP contribution >= 0.6 is 11.8 Å². The Labute approximate surface area is 154 Å². The second kappa shape index (κ2) is 8.92. The monoisotopic (exact) mass is 355 g/mol. The number of benzene rings is 2. The summed E-state index contributed by atoms with van der Waals surface area (Å²) in [6.45, 7) is 2.49. The van der Waals surface area contributed by atoms with Gasteiger partial charge in [0, 0.05) is 29.3 Å². The molecule has 4 nitrogen and oxygen atoms in total. The van der Waals surface area contributed by atoms with Crippen LogP contribution in [-0.4, -0.2) is 32.6 Å². The first-order valence-corrected chi connectivity index (χ1v) is 9.66. The lowest BCUT2D eigenvalue weighted by Crippen LogP contribution is -2.29. The van der Waals surface area contributed by atoms with E-state index in [1.165, 1.54) is 21.2 Å². The maximum absolute atomic E-state index is 11.8. The molecule has 0 radical (unpaired) electrons. The summed E-state index contributed by atoms with van der Waals surface area (Å²) in [6, 6.07) is 17.0. The summed E-state index contributed by atoms with van der Waals surface area (Å²) in [6.07, 6.45) is 2.39. The number of fused-ring (bicyclic) bond motifs is 2. The van der Waals surface area contributed by atoms with Crippen LogP contribution in [0.25, 0.3) is 0 Å². The van der Waals surface area contributed by atoms with E-state index in [-0.39, 0.29) is 5.91 Å². The van der Waals surface area contributed by atoms with Gasteiger partial charge in [-0.3, -0.25) is 4.79 Å². The van der Waals surface area contributed by atoms with Crippen LogP contribution in [0.5, 0.6) is 0 Å². The molecule has 1 amide bonds. The Bertz CT molecular complexity index is 674. The van der Waals surface area contributed by atoms with Crippen LogP contribution in [-0.2, 0) is 4.79 Å². The van der Waals surface area contributed by atoms with Crippen molar-refractivity contribution in [3.05, 3.63) is 48.5 Å². The smallest absolute Gasteiger partial charge is 0.220 e. The lowest BCUT2D eigenvalue weighted by molar-refractivity contribution is -0.121. The first-order valence-electron chi connectivity index (χ1n) is 8.84. The molecule has 0 aromatic heterocycles. The molecule has 2 aromatic carbocycles. The minimum Gasteiger partial charge on any atom is -0.356 e. The molecular weight excluding hydrogens is 330 g/mol. The molecule has 25 heavy (non-hydrogen) atoms. The zero-order valence-electron chi connectivity index (χ0n) is 14.6. The van der Waals surface area contributed by atoms with E-state index >= 15 is 0 Å². The largest absolute Gasteiger partial charge is 0.356 e.